The van der Waals surface area contributed by atoms with E-state index in [4.69, 9.17) is 0 Å². The van der Waals surface area contributed by atoms with E-state index in [1.165, 1.54) is 36.9 Å². The molecule has 7 nitrogen and oxygen atoms in total. The Balaban J connectivity index is 1.52. The van der Waals surface area contributed by atoms with Gasteiger partial charge in [-0.15, -0.1) is 10.2 Å². The molecule has 1 aromatic heterocycles. The van der Waals surface area contributed by atoms with Crippen molar-refractivity contribution in [1.29, 1.82) is 0 Å². The van der Waals surface area contributed by atoms with Gasteiger partial charge in [0.05, 0.1) is 5.75 Å². The van der Waals surface area contributed by atoms with Gasteiger partial charge < -0.3 is 10.6 Å². The molecule has 3 aromatic rings. The van der Waals surface area contributed by atoms with Crippen molar-refractivity contribution in [3.8, 4) is 0 Å². The van der Waals surface area contributed by atoms with Gasteiger partial charge in [-0.1, -0.05) is 30.0 Å². The standard InChI is InChI=1S/C21H17FN4O3S/c1-13(27)14-4-3-7-17(11-14)23-19(28)12-30-20-9-8-18(25-26-20)24-21(29)15-5-2-6-16(22)10-15/h2-11H,12H2,1H3,(H,23,28)(H,24,25,29). The smallest absolute Gasteiger partial charge is 0.256 e. The first kappa shape index (κ1) is 21.1. The average molecular weight is 424 g/mol. The molecule has 0 fully saturated rings. The van der Waals surface area contributed by atoms with Crippen LogP contribution in [0.3, 0.4) is 0 Å². The van der Waals surface area contributed by atoms with Gasteiger partial charge in [0, 0.05) is 16.8 Å². The third kappa shape index (κ3) is 5.95. The van der Waals surface area contributed by atoms with Crippen LogP contribution in [0.2, 0.25) is 0 Å². The van der Waals surface area contributed by atoms with Crippen LogP contribution < -0.4 is 10.6 Å². The van der Waals surface area contributed by atoms with Crippen LogP contribution in [0, 0.1) is 5.82 Å². The van der Waals surface area contributed by atoms with E-state index in [1.807, 2.05) is 0 Å². The normalized spacial score (nSPS) is 10.3. The summed E-state index contributed by atoms with van der Waals surface area (Å²) in [6, 6.07) is 15.1. The van der Waals surface area contributed by atoms with Gasteiger partial charge in [0.1, 0.15) is 10.8 Å². The molecule has 2 amide bonds. The fourth-order valence-corrected chi connectivity index (χ4v) is 3.05. The van der Waals surface area contributed by atoms with E-state index in [1.54, 1.807) is 36.4 Å². The highest BCUT2D eigenvalue weighted by molar-refractivity contribution is 7.99. The number of benzene rings is 2. The fourth-order valence-electron chi connectivity index (χ4n) is 2.43. The molecule has 3 rings (SSSR count). The van der Waals surface area contributed by atoms with Crippen LogP contribution in [0.15, 0.2) is 65.7 Å². The van der Waals surface area contributed by atoms with Gasteiger partial charge in [0.2, 0.25) is 5.91 Å². The molecular weight excluding hydrogens is 407 g/mol. The molecule has 0 radical (unpaired) electrons. The summed E-state index contributed by atoms with van der Waals surface area (Å²) in [5.41, 5.74) is 1.22. The molecule has 152 valence electrons. The molecule has 2 aromatic carbocycles. The van der Waals surface area contributed by atoms with Crippen LogP contribution >= 0.6 is 11.8 Å². The number of nitrogens with zero attached hydrogens (tertiary/aromatic N) is 2. The van der Waals surface area contributed by atoms with Crippen LogP contribution in [0.1, 0.15) is 27.6 Å². The van der Waals surface area contributed by atoms with E-state index in [9.17, 15) is 18.8 Å². The molecule has 2 N–H and O–H groups in total. The number of Topliss-reactive ketones (excluding diaryl/α,β-unsaturated/α-hetero) is 1. The Labute approximate surface area is 176 Å². The SMILES string of the molecule is CC(=O)c1cccc(NC(=O)CSc2ccc(NC(=O)c3cccc(F)c3)nn2)c1. The zero-order valence-corrected chi connectivity index (χ0v) is 16.7. The van der Waals surface area contributed by atoms with Crippen molar-refractivity contribution in [2.24, 2.45) is 0 Å². The molecule has 0 saturated heterocycles. The Morgan fingerprint density at radius 3 is 2.40 bits per heavy atom. The van der Waals surface area contributed by atoms with Crippen molar-refractivity contribution in [2.45, 2.75) is 11.9 Å². The summed E-state index contributed by atoms with van der Waals surface area (Å²) in [6.45, 7) is 1.46. The number of anilines is 2. The van der Waals surface area contributed by atoms with Crippen LogP contribution in [-0.4, -0.2) is 33.5 Å². The number of nitrogens with one attached hydrogen (secondary N) is 2. The number of amides is 2. The second-order valence-electron chi connectivity index (χ2n) is 6.20. The Morgan fingerprint density at radius 1 is 0.933 bits per heavy atom. The lowest BCUT2D eigenvalue weighted by molar-refractivity contribution is -0.113. The first-order valence-corrected chi connectivity index (χ1v) is 9.83. The van der Waals surface area contributed by atoms with Gasteiger partial charge in [-0.2, -0.15) is 0 Å². The minimum absolute atomic E-state index is 0.0830. The summed E-state index contributed by atoms with van der Waals surface area (Å²) in [5, 5.41) is 13.6. The molecule has 9 heteroatoms. The molecular formula is C21H17FN4O3S. The maximum atomic E-state index is 13.2. The van der Waals surface area contributed by atoms with Crippen LogP contribution in [0.5, 0.6) is 0 Å². The zero-order chi connectivity index (χ0) is 21.5. The van der Waals surface area contributed by atoms with Crippen LogP contribution in [0.25, 0.3) is 0 Å². The molecule has 0 spiro atoms. The van der Waals surface area contributed by atoms with Crippen molar-refractivity contribution in [2.75, 3.05) is 16.4 Å². The first-order valence-electron chi connectivity index (χ1n) is 8.85. The largest absolute Gasteiger partial charge is 0.325 e. The van der Waals surface area contributed by atoms with Gasteiger partial charge in [-0.25, -0.2) is 4.39 Å². The predicted molar refractivity (Wildman–Crippen MR) is 112 cm³/mol. The number of rotatable bonds is 7. The minimum Gasteiger partial charge on any atom is -0.325 e. The van der Waals surface area contributed by atoms with E-state index in [2.05, 4.69) is 20.8 Å². The lowest BCUT2D eigenvalue weighted by Crippen LogP contribution is -2.15. The van der Waals surface area contributed by atoms with Crippen LogP contribution in [-0.2, 0) is 4.79 Å². The number of carbonyl (C=O) groups is 3. The maximum absolute atomic E-state index is 13.2. The van der Waals surface area contributed by atoms with Crippen molar-refractivity contribution >= 4 is 40.9 Å². The highest BCUT2D eigenvalue weighted by Gasteiger charge is 2.10. The molecule has 0 unspecified atom stereocenters. The number of carbonyl (C=O) groups excluding carboxylic acids is 3. The fraction of sp³-hybridized carbons (Fsp3) is 0.0952. The van der Waals surface area contributed by atoms with Gasteiger partial charge in [-0.05, 0) is 49.4 Å². The molecule has 0 aliphatic heterocycles. The Morgan fingerprint density at radius 2 is 1.70 bits per heavy atom. The number of hydrogen-bond donors (Lipinski definition) is 2. The van der Waals surface area contributed by atoms with Gasteiger partial charge in [0.15, 0.2) is 11.6 Å². The lowest BCUT2D eigenvalue weighted by atomic mass is 10.1. The highest BCUT2D eigenvalue weighted by Crippen LogP contribution is 2.17. The van der Waals surface area contributed by atoms with Crippen molar-refractivity contribution in [3.63, 3.8) is 0 Å². The minimum atomic E-state index is -0.508. The van der Waals surface area contributed by atoms with E-state index >= 15 is 0 Å². The Kier molecular flexibility index (Phi) is 6.87. The quantitative estimate of drug-likeness (QED) is 0.442. The van der Waals surface area contributed by atoms with Gasteiger partial charge in [0.25, 0.3) is 5.91 Å². The number of hydrogen-bond acceptors (Lipinski definition) is 6. The van der Waals surface area contributed by atoms with Crippen molar-refractivity contribution < 1.29 is 18.8 Å². The topological polar surface area (TPSA) is 101 Å². The third-order valence-corrected chi connectivity index (χ3v) is 4.79. The Hall–Kier alpha value is -3.59. The second-order valence-corrected chi connectivity index (χ2v) is 7.19. The number of aromatic nitrogens is 2. The summed E-state index contributed by atoms with van der Waals surface area (Å²) >= 11 is 1.17. The van der Waals surface area contributed by atoms with Crippen molar-refractivity contribution in [3.05, 3.63) is 77.6 Å². The highest BCUT2D eigenvalue weighted by atomic mass is 32.2. The zero-order valence-electron chi connectivity index (χ0n) is 15.9. The number of halogens is 1. The third-order valence-electron chi connectivity index (χ3n) is 3.87. The first-order chi connectivity index (χ1) is 14.4. The average Bonchev–Trinajstić information content (AvgIpc) is 2.73. The summed E-state index contributed by atoms with van der Waals surface area (Å²) in [5.74, 6) is -1.05. The molecule has 1 heterocycles. The second kappa shape index (κ2) is 9.75. The van der Waals surface area contributed by atoms with Crippen LogP contribution in [0.4, 0.5) is 15.9 Å². The summed E-state index contributed by atoms with van der Waals surface area (Å²) in [7, 11) is 0. The van der Waals surface area contributed by atoms with E-state index in [-0.39, 0.29) is 28.8 Å². The van der Waals surface area contributed by atoms with E-state index in [0.29, 0.717) is 16.3 Å². The van der Waals surface area contributed by atoms with Gasteiger partial charge >= 0.3 is 0 Å². The molecule has 0 bridgehead atoms. The molecule has 0 saturated carbocycles. The molecule has 0 atom stereocenters. The molecule has 30 heavy (non-hydrogen) atoms. The maximum Gasteiger partial charge on any atom is 0.256 e. The summed E-state index contributed by atoms with van der Waals surface area (Å²) in [6.07, 6.45) is 0. The van der Waals surface area contributed by atoms with Gasteiger partial charge in [-0.3, -0.25) is 14.4 Å². The summed E-state index contributed by atoms with van der Waals surface area (Å²) in [4.78, 5) is 35.6. The number of ketones is 1. The molecule has 0 aliphatic rings. The Bertz CT molecular complexity index is 1090. The monoisotopic (exact) mass is 424 g/mol. The van der Waals surface area contributed by atoms with E-state index in [0.717, 1.165) is 6.07 Å². The predicted octanol–water partition coefficient (Wildman–Crippen LogP) is 3.80. The van der Waals surface area contributed by atoms with Crippen molar-refractivity contribution in [1.82, 2.24) is 10.2 Å². The lowest BCUT2D eigenvalue weighted by Gasteiger charge is -2.07. The number of thioether (sulfide) groups is 1. The molecule has 0 aliphatic carbocycles. The van der Waals surface area contributed by atoms with E-state index < -0.39 is 11.7 Å². The summed E-state index contributed by atoms with van der Waals surface area (Å²) < 4.78 is 13.2.